The van der Waals surface area contributed by atoms with Crippen LogP contribution in [0.25, 0.3) is 0 Å². The molecule has 0 saturated heterocycles. The van der Waals surface area contributed by atoms with E-state index in [0.29, 0.717) is 64.2 Å². The SMILES string of the molecule is N#CCCOC(CCC#N)CC(CCC#N)(CCC#N)CC(CCC#N)OCCC#N. The third-order valence-electron chi connectivity index (χ3n) is 5.15. The Labute approximate surface area is 185 Å². The largest absolute Gasteiger partial charge is 0.377 e. The summed E-state index contributed by atoms with van der Waals surface area (Å²) in [6, 6.07) is 12.7. The van der Waals surface area contributed by atoms with Gasteiger partial charge in [0.15, 0.2) is 0 Å². The molecule has 0 aromatic heterocycles. The van der Waals surface area contributed by atoms with E-state index in [9.17, 15) is 10.5 Å². The molecule has 0 N–H and O–H groups in total. The first kappa shape index (κ1) is 27.9. The van der Waals surface area contributed by atoms with E-state index >= 15 is 0 Å². The Morgan fingerprint density at radius 3 is 1.19 bits per heavy atom. The highest BCUT2D eigenvalue weighted by Gasteiger charge is 2.35. The molecule has 0 aliphatic heterocycles. The van der Waals surface area contributed by atoms with Gasteiger partial charge in [0, 0.05) is 25.7 Å². The summed E-state index contributed by atoms with van der Waals surface area (Å²) < 4.78 is 11.8. The van der Waals surface area contributed by atoms with Crippen LogP contribution in [0, 0.1) is 73.4 Å². The van der Waals surface area contributed by atoms with Crippen LogP contribution in [0.2, 0.25) is 0 Å². The van der Waals surface area contributed by atoms with E-state index in [0.717, 1.165) is 0 Å². The normalized spacial score (nSPS) is 12.2. The molecule has 0 bridgehead atoms. The summed E-state index contributed by atoms with van der Waals surface area (Å²) >= 11 is 0. The molecule has 8 heteroatoms. The van der Waals surface area contributed by atoms with Crippen LogP contribution >= 0.6 is 0 Å². The first-order valence-electron chi connectivity index (χ1n) is 10.6. The molecule has 0 saturated carbocycles. The van der Waals surface area contributed by atoms with Crippen LogP contribution in [0.3, 0.4) is 0 Å². The highest BCUT2D eigenvalue weighted by Crippen LogP contribution is 2.42. The molecular weight excluding hydrogens is 392 g/mol. The third-order valence-corrected chi connectivity index (χ3v) is 5.15. The van der Waals surface area contributed by atoms with Gasteiger partial charge in [-0.15, -0.1) is 0 Å². The Kier molecular flexibility index (Phi) is 17.0. The fraction of sp³-hybridized carbons (Fsp3) is 0.739. The van der Waals surface area contributed by atoms with Crippen LogP contribution in [0.15, 0.2) is 0 Å². The van der Waals surface area contributed by atoms with Gasteiger partial charge in [0.05, 0.1) is 74.7 Å². The average molecular weight is 423 g/mol. The van der Waals surface area contributed by atoms with Crippen molar-refractivity contribution in [1.29, 1.82) is 31.6 Å². The van der Waals surface area contributed by atoms with Crippen LogP contribution < -0.4 is 0 Å². The van der Waals surface area contributed by atoms with E-state index in [1.54, 1.807) is 0 Å². The Morgan fingerprint density at radius 1 is 0.516 bits per heavy atom. The van der Waals surface area contributed by atoms with Gasteiger partial charge in [0.25, 0.3) is 0 Å². The van der Waals surface area contributed by atoms with Gasteiger partial charge in [-0.1, -0.05) is 0 Å². The summed E-state index contributed by atoms with van der Waals surface area (Å²) in [5.41, 5.74) is -0.439. The first-order chi connectivity index (χ1) is 15.1. The van der Waals surface area contributed by atoms with Gasteiger partial charge in [-0.3, -0.25) is 0 Å². The standard InChI is InChI=1S/C23H30N6O2/c24-11-1-7-21(30-17-5-15-28)19-23(9-3-13-26,10-4-14-27)20-22(8-2-12-25)31-18-6-16-29/h21-22H,1-10,17-20H2. The monoisotopic (exact) mass is 422 g/mol. The van der Waals surface area contributed by atoms with Gasteiger partial charge in [0.1, 0.15) is 0 Å². The van der Waals surface area contributed by atoms with Crippen LogP contribution in [0.1, 0.15) is 77.0 Å². The number of hydrogen-bond acceptors (Lipinski definition) is 8. The quantitative estimate of drug-likeness (QED) is 0.290. The fourth-order valence-electron chi connectivity index (χ4n) is 3.71. The van der Waals surface area contributed by atoms with Gasteiger partial charge >= 0.3 is 0 Å². The summed E-state index contributed by atoms with van der Waals surface area (Å²) in [5.74, 6) is 0. The molecule has 0 aliphatic carbocycles. The van der Waals surface area contributed by atoms with Gasteiger partial charge in [-0.2, -0.15) is 31.6 Å². The van der Waals surface area contributed by atoms with Gasteiger partial charge < -0.3 is 9.47 Å². The molecule has 8 nitrogen and oxygen atoms in total. The lowest BCUT2D eigenvalue weighted by Gasteiger charge is -2.38. The molecule has 2 atom stereocenters. The number of nitrogens with zero attached hydrogens (tertiary/aromatic N) is 6. The molecule has 2 unspecified atom stereocenters. The van der Waals surface area contributed by atoms with E-state index in [4.69, 9.17) is 30.5 Å². The number of rotatable bonds is 18. The third kappa shape index (κ3) is 13.7. The van der Waals surface area contributed by atoms with Crippen LogP contribution in [0.4, 0.5) is 0 Å². The molecule has 0 amide bonds. The maximum absolute atomic E-state index is 9.22. The molecule has 0 aliphatic rings. The summed E-state index contributed by atoms with van der Waals surface area (Å²) in [7, 11) is 0. The van der Waals surface area contributed by atoms with Gasteiger partial charge in [-0.05, 0) is 43.9 Å². The first-order valence-corrected chi connectivity index (χ1v) is 10.6. The van der Waals surface area contributed by atoms with E-state index < -0.39 is 5.41 Å². The second-order valence-corrected chi connectivity index (χ2v) is 7.42. The van der Waals surface area contributed by atoms with Crippen molar-refractivity contribution in [2.45, 2.75) is 89.3 Å². The van der Waals surface area contributed by atoms with E-state index in [2.05, 4.69) is 24.3 Å². The van der Waals surface area contributed by atoms with Crippen molar-refractivity contribution >= 4 is 0 Å². The molecule has 0 aromatic rings. The molecule has 0 rings (SSSR count). The minimum absolute atomic E-state index is 0.245. The van der Waals surface area contributed by atoms with Gasteiger partial charge in [-0.25, -0.2) is 0 Å². The van der Waals surface area contributed by atoms with Crippen molar-refractivity contribution in [3.8, 4) is 36.4 Å². The summed E-state index contributed by atoms with van der Waals surface area (Å²) in [5, 5.41) is 54.1. The highest BCUT2D eigenvalue weighted by molar-refractivity contribution is 4.92. The lowest BCUT2D eigenvalue weighted by Crippen LogP contribution is -2.33. The highest BCUT2D eigenvalue weighted by atomic mass is 16.5. The molecule has 0 radical (unpaired) electrons. The zero-order valence-electron chi connectivity index (χ0n) is 18.1. The van der Waals surface area contributed by atoms with E-state index in [1.165, 1.54) is 0 Å². The average Bonchev–Trinajstić information content (AvgIpc) is 2.78. The smallest absolute Gasteiger partial charge is 0.0645 e. The van der Waals surface area contributed by atoms with Crippen molar-refractivity contribution in [2.75, 3.05) is 13.2 Å². The van der Waals surface area contributed by atoms with Crippen molar-refractivity contribution in [3.63, 3.8) is 0 Å². The summed E-state index contributed by atoms with van der Waals surface area (Å²) in [6.07, 6.45) is 4.31. The Morgan fingerprint density at radius 2 is 0.871 bits per heavy atom. The zero-order chi connectivity index (χ0) is 23.2. The van der Waals surface area contributed by atoms with E-state index in [-0.39, 0.29) is 38.3 Å². The Bertz CT molecular complexity index is 677. The molecule has 0 spiro atoms. The van der Waals surface area contributed by atoms with Crippen LogP contribution in [-0.2, 0) is 9.47 Å². The zero-order valence-corrected chi connectivity index (χ0v) is 18.1. The number of nitriles is 6. The lowest BCUT2D eigenvalue weighted by molar-refractivity contribution is -0.0287. The van der Waals surface area contributed by atoms with Gasteiger partial charge in [0.2, 0.25) is 0 Å². The predicted octanol–water partition coefficient (Wildman–Crippen LogP) is 4.57. The number of hydrogen-bond donors (Lipinski definition) is 0. The maximum atomic E-state index is 9.22. The minimum Gasteiger partial charge on any atom is -0.377 e. The fourth-order valence-corrected chi connectivity index (χ4v) is 3.71. The predicted molar refractivity (Wildman–Crippen MR) is 111 cm³/mol. The lowest BCUT2D eigenvalue weighted by atomic mass is 9.70. The molecule has 31 heavy (non-hydrogen) atoms. The summed E-state index contributed by atoms with van der Waals surface area (Å²) in [6.45, 7) is 0.519. The van der Waals surface area contributed by atoms with Crippen molar-refractivity contribution < 1.29 is 9.47 Å². The molecule has 0 fully saturated rings. The van der Waals surface area contributed by atoms with Crippen molar-refractivity contribution in [1.82, 2.24) is 0 Å². The summed E-state index contributed by atoms with van der Waals surface area (Å²) in [4.78, 5) is 0. The molecule has 164 valence electrons. The van der Waals surface area contributed by atoms with Crippen molar-refractivity contribution in [3.05, 3.63) is 0 Å². The molecule has 0 aromatic carbocycles. The minimum atomic E-state index is -0.439. The second-order valence-electron chi connectivity index (χ2n) is 7.42. The maximum Gasteiger partial charge on any atom is 0.0645 e. The topological polar surface area (TPSA) is 161 Å². The second kappa shape index (κ2) is 18.9. The Balaban J connectivity index is 5.71. The molecular formula is C23H30N6O2. The number of ether oxygens (including phenoxy) is 2. The van der Waals surface area contributed by atoms with Crippen molar-refractivity contribution in [2.24, 2.45) is 5.41 Å². The van der Waals surface area contributed by atoms with Crippen LogP contribution in [0.5, 0.6) is 0 Å². The molecule has 0 heterocycles. The van der Waals surface area contributed by atoms with E-state index in [1.807, 2.05) is 12.1 Å². The van der Waals surface area contributed by atoms with Crippen LogP contribution in [-0.4, -0.2) is 25.4 Å². The Hall–Kier alpha value is -3.14.